The molecule has 0 bridgehead atoms. The maximum Gasteiger partial charge on any atom is 0.413 e. The number of aromatic carboxylic acids is 1. The van der Waals surface area contributed by atoms with E-state index in [4.69, 9.17) is 20.7 Å². The molecule has 0 aliphatic heterocycles. The fraction of sp³-hybridized carbons (Fsp3) is 0.231. The second-order valence-electron chi connectivity index (χ2n) is 4.56. The molecule has 1 unspecified atom stereocenters. The molecule has 24 heavy (non-hydrogen) atoms. The molecule has 0 aromatic heterocycles. The second kappa shape index (κ2) is 8.62. The lowest BCUT2D eigenvalue weighted by molar-refractivity contribution is -0.139. The fourth-order valence-electron chi connectivity index (χ4n) is 1.66. The zero-order valence-electron chi connectivity index (χ0n) is 12.2. The molecule has 130 valence electrons. The lowest BCUT2D eigenvalue weighted by atomic mass is 10.1. The smallest absolute Gasteiger partial charge is 0.413 e. The van der Waals surface area contributed by atoms with E-state index in [1.54, 1.807) is 0 Å². The molecule has 2 amide bonds. The number of carbonyl (C=O) groups excluding carboxylic acids is 2. The van der Waals surface area contributed by atoms with E-state index in [0.717, 1.165) is 6.07 Å². The second-order valence-corrected chi connectivity index (χ2v) is 4.78. The first-order valence-corrected chi connectivity index (χ1v) is 6.96. The van der Waals surface area contributed by atoms with Crippen LogP contribution in [-0.4, -0.2) is 40.2 Å². The van der Waals surface area contributed by atoms with Gasteiger partial charge in [0.2, 0.25) is 5.91 Å². The van der Waals surface area contributed by atoms with E-state index in [9.17, 15) is 19.2 Å². The van der Waals surface area contributed by atoms with Crippen LogP contribution >= 0.6 is 12.8 Å². The van der Waals surface area contributed by atoms with Crippen LogP contribution in [0.2, 0.25) is 0 Å². The van der Waals surface area contributed by atoms with Crippen LogP contribution < -0.4 is 20.5 Å². The topological polar surface area (TPSA) is 168 Å². The Morgan fingerprint density at radius 2 is 1.92 bits per heavy atom. The summed E-state index contributed by atoms with van der Waals surface area (Å²) < 4.78 is 6.83. The fourth-order valence-corrected chi connectivity index (χ4v) is 1.78. The van der Waals surface area contributed by atoms with Crippen molar-refractivity contribution in [3.8, 4) is 5.75 Å². The number of anilines is 1. The molecule has 11 heteroatoms. The van der Waals surface area contributed by atoms with Gasteiger partial charge in [0, 0.05) is 12.1 Å². The van der Waals surface area contributed by atoms with Gasteiger partial charge >= 0.3 is 18.0 Å². The van der Waals surface area contributed by atoms with Gasteiger partial charge < -0.3 is 30.7 Å². The van der Waals surface area contributed by atoms with Crippen molar-refractivity contribution in [3.05, 3.63) is 23.8 Å². The molecule has 1 rings (SSSR count). The molecule has 0 aliphatic carbocycles. The molecule has 0 radical (unpaired) electrons. The highest BCUT2D eigenvalue weighted by Gasteiger charge is 2.23. The number of carboxylic acids is 2. The number of carboxylic acid groups (broad SMARTS) is 2. The maximum atomic E-state index is 11.8. The largest absolute Gasteiger partial charge is 0.480 e. The molecule has 0 fully saturated rings. The number of nitrogen functional groups attached to an aromatic ring is 1. The molecule has 0 aliphatic rings. The molecule has 0 saturated heterocycles. The van der Waals surface area contributed by atoms with Gasteiger partial charge in [-0.1, -0.05) is 12.8 Å². The zero-order chi connectivity index (χ0) is 18.3. The minimum absolute atomic E-state index is 0.154. The number of carbonyl (C=O) groups is 4. The van der Waals surface area contributed by atoms with Crippen LogP contribution in [-0.2, 0) is 9.59 Å². The van der Waals surface area contributed by atoms with Gasteiger partial charge in [-0.3, -0.25) is 4.79 Å². The van der Waals surface area contributed by atoms with Crippen LogP contribution in [0.15, 0.2) is 18.2 Å². The summed E-state index contributed by atoms with van der Waals surface area (Å²) in [7, 11) is 0. The Kier molecular flexibility index (Phi) is 6.86. The van der Waals surface area contributed by atoms with Crippen molar-refractivity contribution in [1.82, 2.24) is 10.0 Å². The van der Waals surface area contributed by atoms with Crippen molar-refractivity contribution in [3.63, 3.8) is 0 Å². The summed E-state index contributed by atoms with van der Waals surface area (Å²) in [6, 6.07) is 2.19. The first-order valence-electron chi connectivity index (χ1n) is 6.51. The average Bonchev–Trinajstić information content (AvgIpc) is 2.52. The van der Waals surface area contributed by atoms with Gasteiger partial charge in [0.1, 0.15) is 17.4 Å². The van der Waals surface area contributed by atoms with Crippen LogP contribution in [0.4, 0.5) is 10.5 Å². The van der Waals surface area contributed by atoms with E-state index in [-0.39, 0.29) is 29.8 Å². The third-order valence-corrected chi connectivity index (χ3v) is 3.06. The number of hydrogen-bond acceptors (Lipinski definition) is 7. The molecule has 1 aromatic rings. The molecule has 0 saturated carbocycles. The summed E-state index contributed by atoms with van der Waals surface area (Å²) in [5.41, 5.74) is 5.26. The van der Waals surface area contributed by atoms with Crippen molar-refractivity contribution in [2.24, 2.45) is 0 Å². The van der Waals surface area contributed by atoms with Crippen LogP contribution in [0.3, 0.4) is 0 Å². The number of rotatable bonds is 7. The standard InChI is InChI=1S/C13H15N3O7S/c14-6-1-3-9(7(5-6)11(18)19)23-13(22)15-8(12(20)21)2-4-10(17)16-24/h1,3,5,8,24H,2,4,14H2,(H,15,22)(H,16,17)(H,18,19)(H,20,21). The highest BCUT2D eigenvalue weighted by Crippen LogP contribution is 2.21. The minimum Gasteiger partial charge on any atom is -0.480 e. The quantitative estimate of drug-likeness (QED) is 0.298. The Morgan fingerprint density at radius 3 is 2.46 bits per heavy atom. The van der Waals surface area contributed by atoms with Crippen molar-refractivity contribution < 1.29 is 34.1 Å². The minimum atomic E-state index is -1.40. The molecule has 0 heterocycles. The maximum absolute atomic E-state index is 11.8. The lowest BCUT2D eigenvalue weighted by Gasteiger charge is -2.14. The summed E-state index contributed by atoms with van der Waals surface area (Å²) in [4.78, 5) is 45.0. The summed E-state index contributed by atoms with van der Waals surface area (Å²) >= 11 is 3.52. The highest BCUT2D eigenvalue weighted by atomic mass is 32.1. The Bertz CT molecular complexity index is 665. The van der Waals surface area contributed by atoms with Gasteiger partial charge in [-0.15, -0.1) is 0 Å². The van der Waals surface area contributed by atoms with E-state index in [1.807, 2.05) is 10.0 Å². The van der Waals surface area contributed by atoms with Crippen molar-refractivity contribution >= 4 is 42.4 Å². The summed E-state index contributed by atoms with van der Waals surface area (Å²) in [5.74, 6) is -3.57. The number of thiol groups is 1. The molecular weight excluding hydrogens is 342 g/mol. The van der Waals surface area contributed by atoms with Gasteiger partial charge in [-0.05, 0) is 24.6 Å². The third-order valence-electron chi connectivity index (χ3n) is 2.81. The number of nitrogens with two attached hydrogens (primary N) is 1. The van der Waals surface area contributed by atoms with Crippen molar-refractivity contribution in [1.29, 1.82) is 0 Å². The summed E-state index contributed by atoms with van der Waals surface area (Å²) in [5, 5.41) is 20.1. The van der Waals surface area contributed by atoms with Gasteiger partial charge in [-0.25, -0.2) is 14.4 Å². The van der Waals surface area contributed by atoms with E-state index >= 15 is 0 Å². The molecule has 10 nitrogen and oxygen atoms in total. The predicted octanol–water partition coefficient (Wildman–Crippen LogP) is 0.250. The van der Waals surface area contributed by atoms with E-state index in [0.29, 0.717) is 0 Å². The van der Waals surface area contributed by atoms with Gasteiger partial charge in [0.05, 0.1) is 0 Å². The van der Waals surface area contributed by atoms with Gasteiger partial charge in [-0.2, -0.15) is 0 Å². The Labute approximate surface area is 141 Å². The monoisotopic (exact) mass is 357 g/mol. The Balaban J connectivity index is 2.78. The lowest BCUT2D eigenvalue weighted by Crippen LogP contribution is -2.42. The van der Waals surface area contributed by atoms with Gasteiger partial charge in [0.25, 0.3) is 0 Å². The third kappa shape index (κ3) is 5.68. The van der Waals surface area contributed by atoms with Crippen LogP contribution in [0.1, 0.15) is 23.2 Å². The van der Waals surface area contributed by atoms with E-state index in [1.165, 1.54) is 12.1 Å². The predicted molar refractivity (Wildman–Crippen MR) is 84.8 cm³/mol. The Morgan fingerprint density at radius 1 is 1.25 bits per heavy atom. The van der Waals surface area contributed by atoms with E-state index < -0.39 is 30.0 Å². The van der Waals surface area contributed by atoms with Crippen LogP contribution in [0, 0.1) is 0 Å². The van der Waals surface area contributed by atoms with Crippen LogP contribution in [0.5, 0.6) is 5.75 Å². The number of ether oxygens (including phenoxy) is 1. The number of aliphatic carboxylic acids is 1. The molecule has 6 N–H and O–H groups in total. The summed E-state index contributed by atoms with van der Waals surface area (Å²) in [6.07, 6.45) is -1.58. The number of benzene rings is 1. The normalized spacial score (nSPS) is 11.2. The number of nitrogens with one attached hydrogen (secondary N) is 2. The molecule has 1 aromatic carbocycles. The zero-order valence-corrected chi connectivity index (χ0v) is 13.1. The molecule has 1 atom stereocenters. The first kappa shape index (κ1) is 19.1. The van der Waals surface area contributed by atoms with Crippen LogP contribution in [0.25, 0.3) is 0 Å². The molecular formula is C13H15N3O7S. The van der Waals surface area contributed by atoms with Crippen molar-refractivity contribution in [2.45, 2.75) is 18.9 Å². The number of amides is 2. The van der Waals surface area contributed by atoms with E-state index in [2.05, 4.69) is 12.8 Å². The number of hydrogen-bond donors (Lipinski definition) is 6. The Hall–Kier alpha value is -2.95. The summed E-state index contributed by atoms with van der Waals surface area (Å²) in [6.45, 7) is 0. The van der Waals surface area contributed by atoms with Crippen molar-refractivity contribution in [2.75, 3.05) is 5.73 Å². The average molecular weight is 357 g/mol. The van der Waals surface area contributed by atoms with Gasteiger partial charge in [0.15, 0.2) is 0 Å². The highest BCUT2D eigenvalue weighted by molar-refractivity contribution is 7.78. The first-order chi connectivity index (χ1) is 11.2. The SMILES string of the molecule is Nc1ccc(OC(=O)NC(CCC(=O)NS)C(=O)O)c(C(=O)O)c1. The molecule has 0 spiro atoms.